The Morgan fingerprint density at radius 2 is 2.25 bits per heavy atom. The van der Waals surface area contributed by atoms with Crippen molar-refractivity contribution >= 4 is 27.7 Å². The Labute approximate surface area is 126 Å². The van der Waals surface area contributed by atoms with Gasteiger partial charge in [0.05, 0.1) is 10.4 Å². The van der Waals surface area contributed by atoms with Crippen LogP contribution in [0.1, 0.15) is 12.0 Å². The van der Waals surface area contributed by atoms with Gasteiger partial charge in [0.15, 0.2) is 6.61 Å². The fourth-order valence-electron chi connectivity index (χ4n) is 2.17. The van der Waals surface area contributed by atoms with E-state index in [0.29, 0.717) is 25.3 Å². The van der Waals surface area contributed by atoms with Crippen LogP contribution in [0, 0.1) is 12.8 Å². The smallest absolute Gasteiger partial charge is 0.260 e. The van der Waals surface area contributed by atoms with Gasteiger partial charge in [0, 0.05) is 13.1 Å². The van der Waals surface area contributed by atoms with Crippen LogP contribution in [0.4, 0.5) is 0 Å². The molecular weight excluding hydrogens is 324 g/mol. The van der Waals surface area contributed by atoms with Gasteiger partial charge in [0.2, 0.25) is 5.91 Å². The molecule has 0 bridgehead atoms. The van der Waals surface area contributed by atoms with E-state index in [1.807, 2.05) is 25.1 Å². The van der Waals surface area contributed by atoms with E-state index in [1.165, 1.54) is 0 Å². The quantitative estimate of drug-likeness (QED) is 0.901. The fraction of sp³-hybridized carbons (Fsp3) is 0.429. The lowest BCUT2D eigenvalue weighted by atomic mass is 10.1. The minimum atomic E-state index is -0.345. The lowest BCUT2D eigenvalue weighted by Crippen LogP contribution is -2.34. The first-order valence-electron chi connectivity index (χ1n) is 6.43. The van der Waals surface area contributed by atoms with E-state index in [9.17, 15) is 9.59 Å². The maximum Gasteiger partial charge on any atom is 0.260 e. The van der Waals surface area contributed by atoms with Crippen molar-refractivity contribution in [2.45, 2.75) is 13.3 Å². The molecule has 0 aliphatic carbocycles. The average molecular weight is 341 g/mol. The summed E-state index contributed by atoms with van der Waals surface area (Å²) in [4.78, 5) is 24.7. The number of rotatable bonds is 4. The summed E-state index contributed by atoms with van der Waals surface area (Å²) >= 11 is 3.40. The van der Waals surface area contributed by atoms with Gasteiger partial charge in [-0.15, -0.1) is 0 Å². The summed E-state index contributed by atoms with van der Waals surface area (Å²) in [5.74, 6) is -0.0663. The van der Waals surface area contributed by atoms with Crippen molar-refractivity contribution in [3.8, 4) is 5.75 Å². The molecule has 1 fully saturated rings. The molecule has 1 unspecified atom stereocenters. The van der Waals surface area contributed by atoms with E-state index in [0.717, 1.165) is 10.0 Å². The number of ether oxygens (including phenoxy) is 1. The molecule has 1 aromatic carbocycles. The number of amides is 2. The van der Waals surface area contributed by atoms with E-state index in [-0.39, 0.29) is 24.3 Å². The van der Waals surface area contributed by atoms with Crippen LogP contribution < -0.4 is 10.5 Å². The molecule has 1 heterocycles. The van der Waals surface area contributed by atoms with Crippen LogP contribution in [-0.4, -0.2) is 36.4 Å². The predicted molar refractivity (Wildman–Crippen MR) is 78.3 cm³/mol. The molecule has 6 heteroatoms. The average Bonchev–Trinajstić information content (AvgIpc) is 2.87. The number of carbonyl (C=O) groups excluding carboxylic acids is 2. The van der Waals surface area contributed by atoms with Gasteiger partial charge in [-0.05, 0) is 47.0 Å². The second-order valence-electron chi connectivity index (χ2n) is 4.95. The van der Waals surface area contributed by atoms with Gasteiger partial charge < -0.3 is 15.4 Å². The zero-order valence-corrected chi connectivity index (χ0v) is 12.9. The first-order valence-corrected chi connectivity index (χ1v) is 7.22. The van der Waals surface area contributed by atoms with Crippen LogP contribution in [0.3, 0.4) is 0 Å². The van der Waals surface area contributed by atoms with E-state index < -0.39 is 0 Å². The first-order chi connectivity index (χ1) is 9.47. The fourth-order valence-corrected chi connectivity index (χ4v) is 2.78. The molecule has 108 valence electrons. The van der Waals surface area contributed by atoms with Crippen LogP contribution in [0.2, 0.25) is 0 Å². The number of aryl methyl sites for hydroxylation is 1. The van der Waals surface area contributed by atoms with Gasteiger partial charge >= 0.3 is 0 Å². The summed E-state index contributed by atoms with van der Waals surface area (Å²) in [7, 11) is 0. The van der Waals surface area contributed by atoms with Crippen molar-refractivity contribution in [3.05, 3.63) is 28.2 Å². The Balaban J connectivity index is 1.88. The van der Waals surface area contributed by atoms with Crippen molar-refractivity contribution in [2.75, 3.05) is 19.7 Å². The van der Waals surface area contributed by atoms with Crippen LogP contribution in [0.15, 0.2) is 22.7 Å². The van der Waals surface area contributed by atoms with Crippen molar-refractivity contribution in [1.82, 2.24) is 4.90 Å². The van der Waals surface area contributed by atoms with E-state index >= 15 is 0 Å². The molecular formula is C14H17BrN2O3. The predicted octanol–water partition coefficient (Wildman–Crippen LogP) is 1.47. The number of primary amides is 1. The van der Waals surface area contributed by atoms with Crippen LogP contribution in [0.5, 0.6) is 5.75 Å². The summed E-state index contributed by atoms with van der Waals surface area (Å²) in [5, 5.41) is 0. The second-order valence-corrected chi connectivity index (χ2v) is 5.80. The summed E-state index contributed by atoms with van der Waals surface area (Å²) in [6, 6.07) is 5.67. The highest BCUT2D eigenvalue weighted by Gasteiger charge is 2.29. The minimum Gasteiger partial charge on any atom is -0.483 e. The summed E-state index contributed by atoms with van der Waals surface area (Å²) < 4.78 is 6.33. The highest BCUT2D eigenvalue weighted by Crippen LogP contribution is 2.26. The van der Waals surface area contributed by atoms with Crippen LogP contribution >= 0.6 is 15.9 Å². The van der Waals surface area contributed by atoms with Crippen LogP contribution in [0.25, 0.3) is 0 Å². The largest absolute Gasteiger partial charge is 0.483 e. The van der Waals surface area contributed by atoms with Gasteiger partial charge in [0.25, 0.3) is 5.91 Å². The highest BCUT2D eigenvalue weighted by atomic mass is 79.9. The van der Waals surface area contributed by atoms with Gasteiger partial charge in [-0.25, -0.2) is 0 Å². The third-order valence-corrected chi connectivity index (χ3v) is 4.00. The SMILES string of the molecule is Cc1ccc(OCC(=O)N2CCC(C(N)=O)C2)c(Br)c1. The molecule has 1 saturated heterocycles. The monoisotopic (exact) mass is 340 g/mol. The number of halogens is 1. The Bertz CT molecular complexity index is 533. The third-order valence-electron chi connectivity index (χ3n) is 3.38. The Hall–Kier alpha value is -1.56. The summed E-state index contributed by atoms with van der Waals surface area (Å²) in [6.07, 6.45) is 0.634. The maximum absolute atomic E-state index is 12.0. The molecule has 20 heavy (non-hydrogen) atoms. The van der Waals surface area contributed by atoms with Gasteiger partial charge in [-0.1, -0.05) is 6.07 Å². The zero-order valence-electron chi connectivity index (χ0n) is 11.3. The molecule has 0 aromatic heterocycles. The molecule has 2 amide bonds. The Morgan fingerprint density at radius 1 is 1.50 bits per heavy atom. The zero-order chi connectivity index (χ0) is 14.7. The van der Waals surface area contributed by atoms with Crippen molar-refractivity contribution in [1.29, 1.82) is 0 Å². The van der Waals surface area contributed by atoms with Gasteiger partial charge in [-0.3, -0.25) is 9.59 Å². The van der Waals surface area contributed by atoms with Crippen molar-refractivity contribution in [3.63, 3.8) is 0 Å². The molecule has 0 radical (unpaired) electrons. The maximum atomic E-state index is 12.0. The molecule has 2 N–H and O–H groups in total. The number of benzene rings is 1. The molecule has 1 aliphatic heterocycles. The number of hydrogen-bond acceptors (Lipinski definition) is 3. The van der Waals surface area contributed by atoms with E-state index in [2.05, 4.69) is 15.9 Å². The Morgan fingerprint density at radius 3 is 2.85 bits per heavy atom. The second kappa shape index (κ2) is 6.26. The summed E-state index contributed by atoms with van der Waals surface area (Å²) in [5.41, 5.74) is 6.36. The highest BCUT2D eigenvalue weighted by molar-refractivity contribution is 9.10. The molecule has 1 aromatic rings. The molecule has 0 saturated carbocycles. The van der Waals surface area contributed by atoms with Crippen molar-refractivity contribution in [2.24, 2.45) is 11.7 Å². The standard InChI is InChI=1S/C14H17BrN2O3/c1-9-2-3-12(11(15)6-9)20-8-13(18)17-5-4-10(7-17)14(16)19/h2-3,6,10H,4-5,7-8H2,1H3,(H2,16,19). The number of nitrogens with two attached hydrogens (primary N) is 1. The normalized spacial score (nSPS) is 18.1. The van der Waals surface area contributed by atoms with E-state index in [4.69, 9.17) is 10.5 Å². The molecule has 2 rings (SSSR count). The van der Waals surface area contributed by atoms with Crippen LogP contribution in [-0.2, 0) is 9.59 Å². The number of carbonyl (C=O) groups is 2. The van der Waals surface area contributed by atoms with Gasteiger partial charge in [0.1, 0.15) is 5.75 Å². The number of hydrogen-bond donors (Lipinski definition) is 1. The number of likely N-dealkylation sites (tertiary alicyclic amines) is 1. The third kappa shape index (κ3) is 3.50. The molecule has 5 nitrogen and oxygen atoms in total. The molecule has 0 spiro atoms. The first kappa shape index (κ1) is 14.8. The lowest BCUT2D eigenvalue weighted by Gasteiger charge is -2.16. The minimum absolute atomic E-state index is 0.0346. The molecule has 1 aliphatic rings. The Kier molecular flexibility index (Phi) is 4.65. The van der Waals surface area contributed by atoms with Crippen molar-refractivity contribution < 1.29 is 14.3 Å². The van der Waals surface area contributed by atoms with E-state index in [1.54, 1.807) is 4.90 Å². The number of nitrogens with zero attached hydrogens (tertiary/aromatic N) is 1. The lowest BCUT2D eigenvalue weighted by molar-refractivity contribution is -0.132. The summed E-state index contributed by atoms with van der Waals surface area (Å²) in [6.45, 7) is 2.90. The topological polar surface area (TPSA) is 72.6 Å². The molecule has 1 atom stereocenters. The van der Waals surface area contributed by atoms with Gasteiger partial charge in [-0.2, -0.15) is 0 Å².